The van der Waals surface area contributed by atoms with Crippen molar-refractivity contribution in [2.24, 2.45) is 0 Å². The smallest absolute Gasteiger partial charge is 0.220 e. The molecule has 0 radical (unpaired) electrons. The fraction of sp³-hybridized carbons (Fsp3) is 0. The molecule has 0 aliphatic rings. The zero-order valence-electron chi connectivity index (χ0n) is 12.0. The van der Waals surface area contributed by atoms with Crippen LogP contribution in [0.5, 0.6) is 5.75 Å². The van der Waals surface area contributed by atoms with Crippen molar-refractivity contribution >= 4 is 35.6 Å². The molecule has 0 spiro atoms. The molecule has 5 N–H and O–H groups in total. The molecule has 11 heteroatoms. The Bertz CT molecular complexity index is 835. The van der Waals surface area contributed by atoms with Gasteiger partial charge in [0.25, 0.3) is 0 Å². The molecule has 0 aliphatic heterocycles. The minimum absolute atomic E-state index is 0.0149. The van der Waals surface area contributed by atoms with Gasteiger partial charge in [0, 0.05) is 12.4 Å². The van der Waals surface area contributed by atoms with E-state index in [0.29, 0.717) is 22.8 Å². The van der Waals surface area contributed by atoms with Gasteiger partial charge in [-0.2, -0.15) is 3.84 Å². The summed E-state index contributed by atoms with van der Waals surface area (Å²) in [4.78, 5) is 20.1. The van der Waals surface area contributed by atoms with Gasteiger partial charge in [-0.05, 0) is 24.3 Å². The summed E-state index contributed by atoms with van der Waals surface area (Å²) in [6.45, 7) is 0. The van der Waals surface area contributed by atoms with Crippen molar-refractivity contribution in [3.63, 3.8) is 0 Å². The maximum atomic E-state index is 9.96. The SMILES string of the molecule is ClOCl.Nc1nccc(-c2ccc(O)c(-c3ccnc(N)n3)n2)n1. The average molecular weight is 368 g/mol. The number of hydrogen-bond acceptors (Lipinski definition) is 9. The number of nitrogens with zero attached hydrogens (tertiary/aromatic N) is 5. The molecule has 0 unspecified atom stereocenters. The molecule has 0 fully saturated rings. The number of nitrogen functional groups attached to an aromatic ring is 2. The molecular weight excluding hydrogens is 357 g/mol. The van der Waals surface area contributed by atoms with Crippen molar-refractivity contribution in [1.82, 2.24) is 24.9 Å². The summed E-state index contributed by atoms with van der Waals surface area (Å²) < 4.78 is 3.19. The largest absolute Gasteiger partial charge is 0.506 e. The average Bonchev–Trinajstić information content (AvgIpc) is 2.56. The Morgan fingerprint density at radius 3 is 1.88 bits per heavy atom. The second kappa shape index (κ2) is 8.20. The second-order valence-corrected chi connectivity index (χ2v) is 4.69. The highest BCUT2D eigenvalue weighted by molar-refractivity contribution is 6.24. The van der Waals surface area contributed by atoms with Gasteiger partial charge in [0.15, 0.2) is 0 Å². The van der Waals surface area contributed by atoms with Crippen LogP contribution in [-0.2, 0) is 3.84 Å². The standard InChI is InChI=1S/C13H11N7O.Cl2O/c14-12-16-5-3-8(19-12)7-1-2-10(21)11(18-7)9-4-6-17-13(15)20-9;1-3-2/h1-6,21H,(H2,14,16,19)(H2,15,17,20);. The summed E-state index contributed by atoms with van der Waals surface area (Å²) in [5, 5.41) is 9.96. The minimum Gasteiger partial charge on any atom is -0.506 e. The normalized spacial score (nSPS) is 9.92. The number of pyridine rings is 1. The summed E-state index contributed by atoms with van der Waals surface area (Å²) in [5.74, 6) is 0.236. The Hall–Kier alpha value is -2.75. The molecule has 0 atom stereocenters. The number of aromatic hydroxyl groups is 1. The van der Waals surface area contributed by atoms with Crippen molar-refractivity contribution in [3.05, 3.63) is 36.7 Å². The third-order valence-electron chi connectivity index (χ3n) is 2.73. The van der Waals surface area contributed by atoms with E-state index in [1.807, 2.05) is 0 Å². The van der Waals surface area contributed by atoms with Crippen LogP contribution in [0.3, 0.4) is 0 Å². The monoisotopic (exact) mass is 367 g/mol. The summed E-state index contributed by atoms with van der Waals surface area (Å²) >= 11 is 8.53. The van der Waals surface area contributed by atoms with Gasteiger partial charge in [-0.1, -0.05) is 0 Å². The van der Waals surface area contributed by atoms with E-state index in [-0.39, 0.29) is 17.6 Å². The van der Waals surface area contributed by atoms with Gasteiger partial charge in [-0.25, -0.2) is 24.9 Å². The quantitative estimate of drug-likeness (QED) is 0.619. The highest BCUT2D eigenvalue weighted by atomic mass is 35.6. The Kier molecular flexibility index (Phi) is 6.01. The molecule has 0 aliphatic carbocycles. The van der Waals surface area contributed by atoms with Crippen molar-refractivity contribution in [2.75, 3.05) is 11.5 Å². The van der Waals surface area contributed by atoms with Gasteiger partial charge in [0.1, 0.15) is 11.4 Å². The Labute approximate surface area is 146 Å². The van der Waals surface area contributed by atoms with E-state index in [0.717, 1.165) is 0 Å². The third-order valence-corrected chi connectivity index (χ3v) is 2.73. The molecule has 0 saturated carbocycles. The van der Waals surface area contributed by atoms with Crippen LogP contribution in [0.25, 0.3) is 22.8 Å². The highest BCUT2D eigenvalue weighted by Gasteiger charge is 2.11. The molecule has 3 aromatic rings. The molecule has 3 aromatic heterocycles. The van der Waals surface area contributed by atoms with E-state index in [4.69, 9.17) is 11.5 Å². The predicted octanol–water partition coefficient (Wildman–Crippen LogP) is 2.18. The van der Waals surface area contributed by atoms with Crippen molar-refractivity contribution in [1.29, 1.82) is 0 Å². The zero-order chi connectivity index (χ0) is 17.5. The predicted molar refractivity (Wildman–Crippen MR) is 89.6 cm³/mol. The summed E-state index contributed by atoms with van der Waals surface area (Å²) in [7, 11) is 0. The number of nitrogens with two attached hydrogens (primary N) is 2. The zero-order valence-corrected chi connectivity index (χ0v) is 13.5. The van der Waals surface area contributed by atoms with Crippen LogP contribution < -0.4 is 11.5 Å². The minimum atomic E-state index is -0.0149. The van der Waals surface area contributed by atoms with Crippen LogP contribution >= 0.6 is 23.7 Å². The van der Waals surface area contributed by atoms with Gasteiger partial charge in [-0.3, -0.25) is 0 Å². The molecule has 24 heavy (non-hydrogen) atoms. The number of rotatable bonds is 2. The van der Waals surface area contributed by atoms with Gasteiger partial charge in [-0.15, -0.1) is 0 Å². The number of hydrogen-bond donors (Lipinski definition) is 3. The topological polar surface area (TPSA) is 146 Å². The number of halogens is 2. The van der Waals surface area contributed by atoms with E-state index >= 15 is 0 Å². The highest BCUT2D eigenvalue weighted by Crippen LogP contribution is 2.28. The number of anilines is 2. The molecule has 0 bridgehead atoms. The van der Waals surface area contributed by atoms with Crippen LogP contribution in [0.2, 0.25) is 0 Å². The fourth-order valence-electron chi connectivity index (χ4n) is 1.81. The fourth-order valence-corrected chi connectivity index (χ4v) is 1.81. The molecule has 124 valence electrons. The molecule has 3 heterocycles. The van der Waals surface area contributed by atoms with Crippen LogP contribution in [0.15, 0.2) is 36.7 Å². The van der Waals surface area contributed by atoms with E-state index in [1.54, 1.807) is 18.2 Å². The van der Waals surface area contributed by atoms with Crippen LogP contribution in [0.4, 0.5) is 11.9 Å². The first-order valence-electron chi connectivity index (χ1n) is 6.32. The molecule has 9 nitrogen and oxygen atoms in total. The first-order valence-corrected chi connectivity index (χ1v) is 6.94. The lowest BCUT2D eigenvalue weighted by molar-refractivity contribution is 0.475. The molecule has 0 saturated heterocycles. The maximum Gasteiger partial charge on any atom is 0.220 e. The van der Waals surface area contributed by atoms with Crippen LogP contribution in [0, 0.1) is 0 Å². The Balaban J connectivity index is 0.000000647. The van der Waals surface area contributed by atoms with Crippen LogP contribution in [0.1, 0.15) is 0 Å². The van der Waals surface area contributed by atoms with E-state index in [1.165, 1.54) is 18.5 Å². The Morgan fingerprint density at radius 2 is 1.29 bits per heavy atom. The summed E-state index contributed by atoms with van der Waals surface area (Å²) in [6, 6.07) is 6.42. The molecule has 3 rings (SSSR count). The van der Waals surface area contributed by atoms with Gasteiger partial charge >= 0.3 is 0 Å². The molecular formula is C13H11Cl2N7O2. The van der Waals surface area contributed by atoms with E-state index in [9.17, 15) is 5.11 Å². The first-order chi connectivity index (χ1) is 11.5. The van der Waals surface area contributed by atoms with Crippen LogP contribution in [-0.4, -0.2) is 30.0 Å². The van der Waals surface area contributed by atoms with Gasteiger partial charge in [0.2, 0.25) is 11.9 Å². The van der Waals surface area contributed by atoms with Gasteiger partial charge < -0.3 is 16.6 Å². The molecule has 0 amide bonds. The van der Waals surface area contributed by atoms with Crippen molar-refractivity contribution < 1.29 is 8.95 Å². The lowest BCUT2D eigenvalue weighted by Gasteiger charge is -2.06. The second-order valence-electron chi connectivity index (χ2n) is 4.22. The Morgan fingerprint density at radius 1 is 0.792 bits per heavy atom. The van der Waals surface area contributed by atoms with Crippen molar-refractivity contribution in [2.45, 2.75) is 0 Å². The van der Waals surface area contributed by atoms with E-state index < -0.39 is 0 Å². The third kappa shape index (κ3) is 4.38. The number of aromatic nitrogens is 5. The van der Waals surface area contributed by atoms with Gasteiger partial charge in [0.05, 0.1) is 40.8 Å². The molecule has 0 aromatic carbocycles. The first kappa shape index (κ1) is 17.6. The lowest BCUT2D eigenvalue weighted by Crippen LogP contribution is -1.99. The van der Waals surface area contributed by atoms with Crippen molar-refractivity contribution in [3.8, 4) is 28.5 Å². The summed E-state index contributed by atoms with van der Waals surface area (Å²) in [6.07, 6.45) is 3.03. The lowest BCUT2D eigenvalue weighted by atomic mass is 10.2. The maximum absolute atomic E-state index is 9.96. The summed E-state index contributed by atoms with van der Waals surface area (Å²) in [5.41, 5.74) is 12.9. The van der Waals surface area contributed by atoms with E-state index in [2.05, 4.69) is 52.5 Å².